The Morgan fingerprint density at radius 2 is 1.52 bits per heavy atom. The first-order valence-electron chi connectivity index (χ1n) is 10.5. The normalized spacial score (nSPS) is 11.6. The number of benzene rings is 5. The zero-order valence-corrected chi connectivity index (χ0v) is 18.3. The molecule has 0 radical (unpaired) electrons. The Morgan fingerprint density at radius 3 is 2.24 bits per heavy atom. The van der Waals surface area contributed by atoms with Crippen LogP contribution in [0.15, 0.2) is 86.8 Å². The van der Waals surface area contributed by atoms with Gasteiger partial charge in [-0.1, -0.05) is 53.6 Å². The van der Waals surface area contributed by atoms with Crippen molar-refractivity contribution in [1.29, 1.82) is 0 Å². The molecule has 5 nitrogen and oxygen atoms in total. The number of hydrogen-bond acceptors (Lipinski definition) is 4. The van der Waals surface area contributed by atoms with E-state index in [0.717, 1.165) is 11.3 Å². The number of rotatable bonds is 2. The van der Waals surface area contributed by atoms with Crippen molar-refractivity contribution in [3.05, 3.63) is 104 Å². The molecular weight excluding hydrogens is 436 g/mol. The van der Waals surface area contributed by atoms with Gasteiger partial charge in [-0.15, -0.1) is 0 Å². The second-order valence-corrected chi connectivity index (χ2v) is 8.55. The zero-order valence-electron chi connectivity index (χ0n) is 17.5. The number of H-pyrrole nitrogens is 1. The molecule has 160 valence electrons. The maximum Gasteiger partial charge on any atom is 0.196 e. The highest BCUT2D eigenvalue weighted by Crippen LogP contribution is 2.33. The van der Waals surface area contributed by atoms with E-state index in [4.69, 9.17) is 16.0 Å². The van der Waals surface area contributed by atoms with Crippen molar-refractivity contribution in [3.8, 4) is 0 Å². The fourth-order valence-electron chi connectivity index (χ4n) is 4.30. The topological polar surface area (TPSA) is 75.1 Å². The minimum absolute atomic E-state index is 0.207. The molecule has 6 aromatic rings. The first-order chi connectivity index (χ1) is 16.0. The first-order valence-corrected chi connectivity index (χ1v) is 10.8. The van der Waals surface area contributed by atoms with Gasteiger partial charge in [0.25, 0.3) is 0 Å². The summed E-state index contributed by atoms with van der Waals surface area (Å²) < 4.78 is 6.14. The van der Waals surface area contributed by atoms with Crippen molar-refractivity contribution in [1.82, 2.24) is 4.98 Å². The average molecular weight is 453 g/mol. The quantitative estimate of drug-likeness (QED) is 0.228. The number of anilines is 2. The lowest BCUT2D eigenvalue weighted by Gasteiger charge is -2.13. The number of nitrogens with one attached hydrogen (secondary N) is 2. The molecule has 0 aliphatic rings. The Bertz CT molecular complexity index is 1850. The molecule has 0 atom stereocenters. The molecule has 0 fully saturated rings. The van der Waals surface area contributed by atoms with Gasteiger partial charge in [-0.05, 0) is 31.2 Å². The van der Waals surface area contributed by atoms with Gasteiger partial charge in [-0.25, -0.2) is 0 Å². The van der Waals surface area contributed by atoms with E-state index >= 15 is 0 Å². The van der Waals surface area contributed by atoms with Crippen LogP contribution in [0.2, 0.25) is 5.02 Å². The third-order valence-corrected chi connectivity index (χ3v) is 6.15. The maximum absolute atomic E-state index is 13.6. The Balaban J connectivity index is 1.80. The number of aromatic nitrogens is 1. The predicted octanol–water partition coefficient (Wildman–Crippen LogP) is 6.65. The number of halogens is 1. The molecule has 0 bridgehead atoms. The largest absolute Gasteiger partial charge is 0.453 e. The van der Waals surface area contributed by atoms with Gasteiger partial charge < -0.3 is 14.7 Å². The average Bonchev–Trinajstić information content (AvgIpc) is 2.82. The van der Waals surface area contributed by atoms with Crippen molar-refractivity contribution in [2.75, 3.05) is 5.32 Å². The number of aromatic amines is 1. The van der Waals surface area contributed by atoms with Gasteiger partial charge in [0.05, 0.1) is 27.5 Å². The lowest BCUT2D eigenvalue weighted by molar-refractivity contribution is 0.657. The maximum atomic E-state index is 13.6. The second-order valence-electron chi connectivity index (χ2n) is 8.11. The van der Waals surface area contributed by atoms with E-state index in [9.17, 15) is 9.59 Å². The minimum atomic E-state index is -0.225. The second kappa shape index (κ2) is 7.22. The molecule has 1 heterocycles. The molecule has 33 heavy (non-hydrogen) atoms. The smallest absolute Gasteiger partial charge is 0.196 e. The van der Waals surface area contributed by atoms with Crippen LogP contribution in [0.3, 0.4) is 0 Å². The van der Waals surface area contributed by atoms with Crippen LogP contribution in [-0.4, -0.2) is 4.98 Å². The lowest BCUT2D eigenvalue weighted by Crippen LogP contribution is -2.15. The molecule has 6 heteroatoms. The van der Waals surface area contributed by atoms with Crippen LogP contribution in [0.5, 0.6) is 0 Å². The number of aryl methyl sites for hydroxylation is 1. The lowest BCUT2D eigenvalue weighted by atomic mass is 9.99. The summed E-state index contributed by atoms with van der Waals surface area (Å²) in [6.07, 6.45) is 0. The molecule has 0 unspecified atom stereocenters. The predicted molar refractivity (Wildman–Crippen MR) is 135 cm³/mol. The number of hydrogen-bond donors (Lipinski definition) is 2. The molecule has 0 spiro atoms. The molecule has 5 aromatic carbocycles. The molecule has 0 amide bonds. The Morgan fingerprint density at radius 1 is 0.818 bits per heavy atom. The molecular formula is C27H17ClN2O3. The SMILES string of the molecule is Cc1ccc(Nc2cc3oc4cc(Cl)ccc4[nH]c3c3c(=O)c4ccccc4c(=O)c23)cc1. The van der Waals surface area contributed by atoms with Gasteiger partial charge in [0.1, 0.15) is 0 Å². The molecule has 1 aromatic heterocycles. The van der Waals surface area contributed by atoms with E-state index in [2.05, 4.69) is 10.3 Å². The van der Waals surface area contributed by atoms with Gasteiger partial charge in [0, 0.05) is 33.6 Å². The Labute approximate surface area is 192 Å². The fraction of sp³-hybridized carbons (Fsp3) is 0.0370. The van der Waals surface area contributed by atoms with Crippen molar-refractivity contribution >= 4 is 66.7 Å². The molecule has 6 rings (SSSR count). The molecule has 0 saturated heterocycles. The highest BCUT2D eigenvalue weighted by Gasteiger charge is 2.19. The van der Waals surface area contributed by atoms with Gasteiger partial charge in [0.15, 0.2) is 22.0 Å². The van der Waals surface area contributed by atoms with E-state index in [0.29, 0.717) is 54.5 Å². The summed E-state index contributed by atoms with van der Waals surface area (Å²) in [4.78, 5) is 30.6. The summed E-state index contributed by atoms with van der Waals surface area (Å²) in [5.41, 5.74) is 4.13. The zero-order chi connectivity index (χ0) is 22.7. The van der Waals surface area contributed by atoms with Gasteiger partial charge >= 0.3 is 0 Å². The van der Waals surface area contributed by atoms with Gasteiger partial charge in [-0.2, -0.15) is 0 Å². The molecule has 0 aliphatic heterocycles. The van der Waals surface area contributed by atoms with Crippen molar-refractivity contribution in [2.24, 2.45) is 0 Å². The van der Waals surface area contributed by atoms with Crippen molar-refractivity contribution < 1.29 is 4.42 Å². The van der Waals surface area contributed by atoms with Crippen LogP contribution >= 0.6 is 11.6 Å². The molecule has 0 saturated carbocycles. The number of fused-ring (bicyclic) bond motifs is 5. The summed E-state index contributed by atoms with van der Waals surface area (Å²) in [5.74, 6) is 0. The minimum Gasteiger partial charge on any atom is -0.453 e. The highest BCUT2D eigenvalue weighted by molar-refractivity contribution is 6.31. The van der Waals surface area contributed by atoms with Crippen molar-refractivity contribution in [2.45, 2.75) is 6.92 Å². The standard InChI is InChI=1S/C27H17ClN2O3/c1-14-6-9-16(10-7-14)29-20-13-22-25(30-19-11-8-15(28)12-21(19)33-22)24-23(20)26(31)17-4-2-3-5-18(17)27(24)32/h2-13,29-30H,1H3. The summed E-state index contributed by atoms with van der Waals surface area (Å²) in [6.45, 7) is 2.01. The summed E-state index contributed by atoms with van der Waals surface area (Å²) in [6, 6.07) is 21.7. The summed E-state index contributed by atoms with van der Waals surface area (Å²) >= 11 is 6.15. The fourth-order valence-corrected chi connectivity index (χ4v) is 4.46. The Kier molecular flexibility index (Phi) is 4.28. The highest BCUT2D eigenvalue weighted by atomic mass is 35.5. The van der Waals surface area contributed by atoms with E-state index in [1.807, 2.05) is 31.2 Å². The third-order valence-electron chi connectivity index (χ3n) is 5.92. The summed E-state index contributed by atoms with van der Waals surface area (Å²) in [5, 5.41) is 5.26. The van der Waals surface area contributed by atoms with Crippen LogP contribution in [0.1, 0.15) is 5.56 Å². The van der Waals surface area contributed by atoms with E-state index in [-0.39, 0.29) is 10.9 Å². The van der Waals surface area contributed by atoms with Crippen LogP contribution in [0, 0.1) is 6.92 Å². The van der Waals surface area contributed by atoms with Crippen LogP contribution < -0.4 is 16.2 Å². The summed E-state index contributed by atoms with van der Waals surface area (Å²) in [7, 11) is 0. The van der Waals surface area contributed by atoms with E-state index in [1.165, 1.54) is 0 Å². The van der Waals surface area contributed by atoms with E-state index < -0.39 is 0 Å². The molecule has 2 N–H and O–H groups in total. The monoisotopic (exact) mass is 452 g/mol. The van der Waals surface area contributed by atoms with Crippen LogP contribution in [-0.2, 0) is 0 Å². The van der Waals surface area contributed by atoms with Crippen LogP contribution in [0.4, 0.5) is 11.4 Å². The molecule has 0 aliphatic carbocycles. The third kappa shape index (κ3) is 3.09. The van der Waals surface area contributed by atoms with Crippen LogP contribution in [0.25, 0.3) is 43.7 Å². The first kappa shape index (κ1) is 19.6. The van der Waals surface area contributed by atoms with Gasteiger partial charge in [0.2, 0.25) is 0 Å². The van der Waals surface area contributed by atoms with Gasteiger partial charge in [-0.3, -0.25) is 9.59 Å². The van der Waals surface area contributed by atoms with E-state index in [1.54, 1.807) is 48.5 Å². The Hall–Kier alpha value is -4.09. The van der Waals surface area contributed by atoms with Crippen molar-refractivity contribution in [3.63, 3.8) is 0 Å².